The van der Waals surface area contributed by atoms with E-state index in [1.807, 2.05) is 6.08 Å². The lowest BCUT2D eigenvalue weighted by Crippen LogP contribution is -2.65. The van der Waals surface area contributed by atoms with Crippen LogP contribution in [0.5, 0.6) is 0 Å². The minimum Gasteiger partial charge on any atom is -0.393 e. The van der Waals surface area contributed by atoms with Crippen molar-refractivity contribution in [1.29, 1.82) is 0 Å². The van der Waals surface area contributed by atoms with Gasteiger partial charge in [-0.05, 0) is 73.5 Å². The van der Waals surface area contributed by atoms with Gasteiger partial charge in [-0.2, -0.15) is 0 Å². The molecular formula is C26H42O3. The van der Waals surface area contributed by atoms with Crippen LogP contribution in [0.15, 0.2) is 23.8 Å². The molecule has 0 aliphatic heterocycles. The largest absolute Gasteiger partial charge is 0.393 e. The number of hydrogen-bond donors (Lipinski definition) is 3. The molecule has 0 aromatic carbocycles. The van der Waals surface area contributed by atoms with Crippen LogP contribution in [0.2, 0.25) is 0 Å². The third-order valence-electron chi connectivity index (χ3n) is 9.76. The van der Waals surface area contributed by atoms with Crippen molar-refractivity contribution >= 4 is 0 Å². The Morgan fingerprint density at radius 1 is 0.966 bits per heavy atom. The standard InChI is InChI=1S/C26H42O3/c1-16(2)6-7-17(3)20-8-9-21-19-14-23(28)26(29)15-18(27)10-13-25(26,5)22(19)11-12-24(20,21)4/h6-7,14,16-18,20-23,27-29H,8-13,15H2,1-5H3/b7-6+/t17-,18+,20-,21?,22?,23-,24-,25-,26+/m1/s1. The Hall–Kier alpha value is -0.640. The molecule has 4 rings (SSSR count). The van der Waals surface area contributed by atoms with Gasteiger partial charge >= 0.3 is 0 Å². The van der Waals surface area contributed by atoms with Crippen molar-refractivity contribution in [3.05, 3.63) is 23.8 Å². The molecule has 0 saturated heterocycles. The topological polar surface area (TPSA) is 60.7 Å². The molecule has 29 heavy (non-hydrogen) atoms. The van der Waals surface area contributed by atoms with E-state index < -0.39 is 17.8 Å². The molecule has 4 aliphatic rings. The summed E-state index contributed by atoms with van der Waals surface area (Å²) in [6.45, 7) is 11.5. The first kappa shape index (κ1) is 21.6. The van der Waals surface area contributed by atoms with E-state index in [4.69, 9.17) is 0 Å². The molecule has 164 valence electrons. The molecule has 3 N–H and O–H groups in total. The molecule has 0 bridgehead atoms. The SMILES string of the molecule is CC(C)/C=C/[C@@H](C)[C@H]1CCC2C3=C[C@@H](O)[C@@]4(O)C[C@@H](O)CC[C@]4(C)C3CC[C@@]21C. The van der Waals surface area contributed by atoms with Gasteiger partial charge in [0.25, 0.3) is 0 Å². The highest BCUT2D eigenvalue weighted by Gasteiger charge is 2.64. The summed E-state index contributed by atoms with van der Waals surface area (Å²) in [6.07, 6.45) is 12.0. The number of aliphatic hydroxyl groups excluding tert-OH is 2. The Kier molecular flexibility index (Phi) is 5.36. The monoisotopic (exact) mass is 402 g/mol. The van der Waals surface area contributed by atoms with Crippen LogP contribution in [-0.4, -0.2) is 33.1 Å². The second-order valence-electron chi connectivity index (χ2n) is 11.7. The average Bonchev–Trinajstić information content (AvgIpc) is 3.00. The van der Waals surface area contributed by atoms with Crippen molar-refractivity contribution in [3.8, 4) is 0 Å². The van der Waals surface area contributed by atoms with Gasteiger partial charge in [0.15, 0.2) is 0 Å². The molecule has 2 unspecified atom stereocenters. The van der Waals surface area contributed by atoms with E-state index in [0.29, 0.717) is 36.0 Å². The van der Waals surface area contributed by atoms with E-state index in [2.05, 4.69) is 46.8 Å². The van der Waals surface area contributed by atoms with Crippen molar-refractivity contribution in [2.75, 3.05) is 0 Å². The highest BCUT2D eigenvalue weighted by Crippen LogP contribution is 2.67. The van der Waals surface area contributed by atoms with E-state index in [0.717, 1.165) is 19.3 Å². The van der Waals surface area contributed by atoms with Gasteiger partial charge in [-0.25, -0.2) is 0 Å². The summed E-state index contributed by atoms with van der Waals surface area (Å²) in [5.41, 5.74) is 0.177. The lowest BCUT2D eigenvalue weighted by Gasteiger charge is -2.62. The normalized spacial score (nSPS) is 50.8. The zero-order chi connectivity index (χ0) is 21.2. The first-order valence-electron chi connectivity index (χ1n) is 12.0. The number of fused-ring (bicyclic) bond motifs is 5. The molecule has 4 aliphatic carbocycles. The average molecular weight is 403 g/mol. The Labute approximate surface area is 177 Å². The fourth-order valence-corrected chi connectivity index (χ4v) is 7.98. The molecule has 0 spiro atoms. The van der Waals surface area contributed by atoms with Crippen LogP contribution in [0.1, 0.15) is 79.6 Å². The second-order valence-corrected chi connectivity index (χ2v) is 11.7. The molecule has 3 heteroatoms. The number of rotatable bonds is 3. The van der Waals surface area contributed by atoms with Crippen LogP contribution in [-0.2, 0) is 0 Å². The third-order valence-corrected chi connectivity index (χ3v) is 9.76. The second kappa shape index (κ2) is 7.21. The maximum absolute atomic E-state index is 11.5. The fraction of sp³-hybridized carbons (Fsp3) is 0.846. The minimum absolute atomic E-state index is 0.281. The van der Waals surface area contributed by atoms with Gasteiger partial charge in [0, 0.05) is 11.8 Å². The first-order valence-corrected chi connectivity index (χ1v) is 12.0. The third kappa shape index (κ3) is 3.10. The molecule has 0 heterocycles. The number of allylic oxidation sites excluding steroid dienone is 3. The van der Waals surface area contributed by atoms with Gasteiger partial charge in [0.2, 0.25) is 0 Å². The summed E-state index contributed by atoms with van der Waals surface area (Å²) in [5.74, 6) is 2.71. The Balaban J connectivity index is 1.66. The van der Waals surface area contributed by atoms with Crippen LogP contribution >= 0.6 is 0 Å². The van der Waals surface area contributed by atoms with E-state index in [1.54, 1.807) is 0 Å². The molecule has 0 aromatic heterocycles. The van der Waals surface area contributed by atoms with Gasteiger partial charge < -0.3 is 15.3 Å². The van der Waals surface area contributed by atoms with Crippen LogP contribution in [0.25, 0.3) is 0 Å². The zero-order valence-corrected chi connectivity index (χ0v) is 19.1. The maximum Gasteiger partial charge on any atom is 0.102 e. The molecule has 0 radical (unpaired) electrons. The van der Waals surface area contributed by atoms with Gasteiger partial charge in [-0.1, -0.05) is 58.4 Å². The van der Waals surface area contributed by atoms with Crippen LogP contribution in [0.3, 0.4) is 0 Å². The maximum atomic E-state index is 11.5. The lowest BCUT2D eigenvalue weighted by molar-refractivity contribution is -0.210. The van der Waals surface area contributed by atoms with Crippen LogP contribution in [0, 0.1) is 40.4 Å². The molecule has 0 amide bonds. The summed E-state index contributed by atoms with van der Waals surface area (Å²) in [5, 5.41) is 32.8. The van der Waals surface area contributed by atoms with Crippen molar-refractivity contribution in [2.24, 2.45) is 40.4 Å². The van der Waals surface area contributed by atoms with E-state index in [-0.39, 0.29) is 10.8 Å². The zero-order valence-electron chi connectivity index (χ0n) is 19.1. The van der Waals surface area contributed by atoms with Crippen molar-refractivity contribution in [1.82, 2.24) is 0 Å². The lowest BCUT2D eigenvalue weighted by atomic mass is 9.45. The summed E-state index contributed by atoms with van der Waals surface area (Å²) in [6, 6.07) is 0. The van der Waals surface area contributed by atoms with E-state index in [9.17, 15) is 15.3 Å². The van der Waals surface area contributed by atoms with Crippen molar-refractivity contribution in [2.45, 2.75) is 97.4 Å². The molecule has 3 fully saturated rings. The molecule has 3 nitrogen and oxygen atoms in total. The number of hydrogen-bond acceptors (Lipinski definition) is 3. The summed E-state index contributed by atoms with van der Waals surface area (Å²) in [4.78, 5) is 0. The Morgan fingerprint density at radius 3 is 2.38 bits per heavy atom. The van der Waals surface area contributed by atoms with Gasteiger partial charge in [-0.15, -0.1) is 0 Å². The van der Waals surface area contributed by atoms with Crippen LogP contribution in [0.4, 0.5) is 0 Å². The fourth-order valence-electron chi connectivity index (χ4n) is 7.98. The van der Waals surface area contributed by atoms with Crippen molar-refractivity contribution < 1.29 is 15.3 Å². The van der Waals surface area contributed by atoms with Gasteiger partial charge in [-0.3, -0.25) is 0 Å². The molecular weight excluding hydrogens is 360 g/mol. The summed E-state index contributed by atoms with van der Waals surface area (Å²) < 4.78 is 0. The molecule has 0 aromatic rings. The highest BCUT2D eigenvalue weighted by atomic mass is 16.3. The first-order chi connectivity index (χ1) is 13.5. The molecule has 9 atom stereocenters. The Bertz CT molecular complexity index is 696. The van der Waals surface area contributed by atoms with E-state index >= 15 is 0 Å². The van der Waals surface area contributed by atoms with Gasteiger partial charge in [0.05, 0.1) is 6.10 Å². The highest BCUT2D eigenvalue weighted by molar-refractivity contribution is 5.33. The predicted molar refractivity (Wildman–Crippen MR) is 117 cm³/mol. The predicted octanol–water partition coefficient (Wildman–Crippen LogP) is 4.86. The van der Waals surface area contributed by atoms with E-state index in [1.165, 1.54) is 24.8 Å². The smallest absolute Gasteiger partial charge is 0.102 e. The van der Waals surface area contributed by atoms with Gasteiger partial charge in [0.1, 0.15) is 11.7 Å². The van der Waals surface area contributed by atoms with Crippen molar-refractivity contribution in [3.63, 3.8) is 0 Å². The molecule has 3 saturated carbocycles. The van der Waals surface area contributed by atoms with Crippen LogP contribution < -0.4 is 0 Å². The Morgan fingerprint density at radius 2 is 1.69 bits per heavy atom. The quantitative estimate of drug-likeness (QED) is 0.591. The minimum atomic E-state index is -1.20. The number of aliphatic hydroxyl groups is 3. The summed E-state index contributed by atoms with van der Waals surface area (Å²) in [7, 11) is 0. The summed E-state index contributed by atoms with van der Waals surface area (Å²) >= 11 is 0.